The van der Waals surface area contributed by atoms with Gasteiger partial charge in [-0.2, -0.15) is 0 Å². The van der Waals surface area contributed by atoms with Crippen molar-refractivity contribution in [2.45, 2.75) is 38.5 Å². The molecule has 108 valence electrons. The third kappa shape index (κ3) is 3.58. The molecular weight excluding hydrogens is 324 g/mol. The first-order valence-corrected chi connectivity index (χ1v) is 8.46. The van der Waals surface area contributed by atoms with Crippen molar-refractivity contribution < 1.29 is 4.74 Å². The summed E-state index contributed by atoms with van der Waals surface area (Å²) in [6.07, 6.45) is 1.49. The van der Waals surface area contributed by atoms with Crippen molar-refractivity contribution in [3.63, 3.8) is 0 Å². The third-order valence-electron chi connectivity index (χ3n) is 3.99. The van der Waals surface area contributed by atoms with Crippen LogP contribution in [-0.4, -0.2) is 37.2 Å². The van der Waals surface area contributed by atoms with Crippen LogP contribution in [0, 0.1) is 5.92 Å². The van der Waals surface area contributed by atoms with E-state index in [9.17, 15) is 0 Å². The number of rotatable bonds is 4. The fourth-order valence-electron chi connectivity index (χ4n) is 2.87. The first-order valence-electron chi connectivity index (χ1n) is 6.79. The van der Waals surface area contributed by atoms with Crippen LogP contribution in [0.2, 0.25) is 0 Å². The second-order valence-electron chi connectivity index (χ2n) is 5.51. The van der Waals surface area contributed by atoms with Gasteiger partial charge in [-0.05, 0) is 47.8 Å². The molecule has 0 bridgehead atoms. The minimum absolute atomic E-state index is 0.122. The van der Waals surface area contributed by atoms with E-state index in [1.165, 1.54) is 11.3 Å². The Kier molecular flexibility index (Phi) is 5.43. The van der Waals surface area contributed by atoms with Gasteiger partial charge in [0.1, 0.15) is 0 Å². The largest absolute Gasteiger partial charge is 0.380 e. The zero-order valence-electron chi connectivity index (χ0n) is 11.8. The van der Waals surface area contributed by atoms with E-state index < -0.39 is 0 Å². The van der Waals surface area contributed by atoms with Crippen molar-refractivity contribution in [3.05, 3.63) is 20.8 Å². The number of nitrogens with two attached hydrogens (primary N) is 1. The summed E-state index contributed by atoms with van der Waals surface area (Å²) in [7, 11) is 1.81. The number of thiophene rings is 1. The maximum absolute atomic E-state index is 6.24. The quantitative estimate of drug-likeness (QED) is 0.909. The summed E-state index contributed by atoms with van der Waals surface area (Å²) >= 11 is 5.31. The van der Waals surface area contributed by atoms with E-state index in [0.717, 1.165) is 17.6 Å². The zero-order chi connectivity index (χ0) is 14.0. The number of ether oxygens (including phenoxy) is 1. The summed E-state index contributed by atoms with van der Waals surface area (Å²) in [6, 6.07) is 2.61. The molecule has 2 heterocycles. The SMILES string of the molecule is COC1CN(C(c2cc(Br)cs2)C(C)N)CCC1C. The molecular formula is C14H23BrN2OS. The lowest BCUT2D eigenvalue weighted by molar-refractivity contribution is -0.0219. The van der Waals surface area contributed by atoms with E-state index >= 15 is 0 Å². The molecule has 2 N–H and O–H groups in total. The first kappa shape index (κ1) is 15.4. The summed E-state index contributed by atoms with van der Waals surface area (Å²) in [5.74, 6) is 0.630. The minimum atomic E-state index is 0.122. The Morgan fingerprint density at radius 3 is 2.84 bits per heavy atom. The van der Waals surface area contributed by atoms with Crippen LogP contribution in [0.3, 0.4) is 0 Å². The van der Waals surface area contributed by atoms with Gasteiger partial charge in [0.05, 0.1) is 12.1 Å². The van der Waals surface area contributed by atoms with Crippen LogP contribution in [0.25, 0.3) is 0 Å². The standard InChI is InChI=1S/C14H23BrN2OS/c1-9-4-5-17(7-12(9)18-3)14(10(2)16)13-6-11(15)8-19-13/h6,8-10,12,14H,4-5,7,16H2,1-3H3. The lowest BCUT2D eigenvalue weighted by atomic mass is 9.93. The highest BCUT2D eigenvalue weighted by molar-refractivity contribution is 9.10. The normalized spacial score (nSPS) is 28.3. The molecule has 5 heteroatoms. The molecule has 19 heavy (non-hydrogen) atoms. The summed E-state index contributed by atoms with van der Waals surface area (Å²) in [6.45, 7) is 6.44. The van der Waals surface area contributed by atoms with Crippen LogP contribution in [0.15, 0.2) is 15.9 Å². The molecule has 1 aromatic rings. The van der Waals surface area contributed by atoms with Gasteiger partial charge in [-0.3, -0.25) is 4.90 Å². The molecule has 3 nitrogen and oxygen atoms in total. The van der Waals surface area contributed by atoms with E-state index in [4.69, 9.17) is 10.5 Å². The summed E-state index contributed by atoms with van der Waals surface area (Å²) < 4.78 is 6.76. The summed E-state index contributed by atoms with van der Waals surface area (Å²) in [5, 5.41) is 2.13. The summed E-state index contributed by atoms with van der Waals surface area (Å²) in [4.78, 5) is 3.82. The Labute approximate surface area is 128 Å². The van der Waals surface area contributed by atoms with Crippen LogP contribution in [0.5, 0.6) is 0 Å². The third-order valence-corrected chi connectivity index (χ3v) is 5.76. The molecule has 4 unspecified atom stereocenters. The topological polar surface area (TPSA) is 38.5 Å². The molecule has 0 amide bonds. The van der Waals surface area contributed by atoms with Gasteiger partial charge in [0, 0.05) is 34.4 Å². The average Bonchev–Trinajstić information content (AvgIpc) is 2.77. The van der Waals surface area contributed by atoms with E-state index in [1.807, 2.05) is 7.11 Å². The number of likely N-dealkylation sites (tertiary alicyclic amines) is 1. The molecule has 0 aromatic carbocycles. The van der Waals surface area contributed by atoms with E-state index in [0.29, 0.717) is 18.1 Å². The molecule has 0 aliphatic carbocycles. The molecule has 1 aliphatic rings. The van der Waals surface area contributed by atoms with E-state index in [-0.39, 0.29) is 6.04 Å². The Morgan fingerprint density at radius 2 is 2.32 bits per heavy atom. The fourth-order valence-corrected chi connectivity index (χ4v) is 4.57. The van der Waals surface area contributed by atoms with Gasteiger partial charge in [0.25, 0.3) is 0 Å². The first-order chi connectivity index (χ1) is 9.02. The molecule has 0 radical (unpaired) electrons. The van der Waals surface area contributed by atoms with E-state index in [2.05, 4.69) is 46.1 Å². The Balaban J connectivity index is 2.16. The van der Waals surface area contributed by atoms with Gasteiger partial charge < -0.3 is 10.5 Å². The van der Waals surface area contributed by atoms with Crippen LogP contribution in [0.1, 0.15) is 31.2 Å². The number of nitrogens with zero attached hydrogens (tertiary/aromatic N) is 1. The highest BCUT2D eigenvalue weighted by atomic mass is 79.9. The Bertz CT molecular complexity index is 410. The average molecular weight is 347 g/mol. The van der Waals surface area contributed by atoms with Crippen LogP contribution in [-0.2, 0) is 4.74 Å². The molecule has 0 spiro atoms. The van der Waals surface area contributed by atoms with Crippen molar-refractivity contribution in [3.8, 4) is 0 Å². The molecule has 1 aliphatic heterocycles. The highest BCUT2D eigenvalue weighted by Crippen LogP contribution is 2.34. The van der Waals surface area contributed by atoms with Gasteiger partial charge >= 0.3 is 0 Å². The number of methoxy groups -OCH3 is 1. The lowest BCUT2D eigenvalue weighted by Gasteiger charge is -2.41. The predicted octanol–water partition coefficient (Wildman–Crippen LogP) is 3.26. The van der Waals surface area contributed by atoms with Crippen molar-refractivity contribution in [2.75, 3.05) is 20.2 Å². The van der Waals surface area contributed by atoms with Gasteiger partial charge in [0.15, 0.2) is 0 Å². The van der Waals surface area contributed by atoms with E-state index in [1.54, 1.807) is 11.3 Å². The minimum Gasteiger partial charge on any atom is -0.380 e. The molecule has 2 rings (SSSR count). The smallest absolute Gasteiger partial charge is 0.0724 e. The number of hydrogen-bond acceptors (Lipinski definition) is 4. The molecule has 1 fully saturated rings. The van der Waals surface area contributed by atoms with Crippen molar-refractivity contribution in [1.29, 1.82) is 0 Å². The molecule has 0 saturated carbocycles. The number of piperidine rings is 1. The van der Waals surface area contributed by atoms with Crippen molar-refractivity contribution in [2.24, 2.45) is 11.7 Å². The van der Waals surface area contributed by atoms with Crippen molar-refractivity contribution in [1.82, 2.24) is 4.90 Å². The van der Waals surface area contributed by atoms with Gasteiger partial charge in [-0.1, -0.05) is 6.92 Å². The second kappa shape index (κ2) is 6.68. The maximum atomic E-state index is 6.24. The van der Waals surface area contributed by atoms with Crippen LogP contribution < -0.4 is 5.73 Å². The van der Waals surface area contributed by atoms with Crippen molar-refractivity contribution >= 4 is 27.3 Å². The van der Waals surface area contributed by atoms with Gasteiger partial charge in [-0.25, -0.2) is 0 Å². The highest BCUT2D eigenvalue weighted by Gasteiger charge is 2.33. The monoisotopic (exact) mass is 346 g/mol. The van der Waals surface area contributed by atoms with Gasteiger partial charge in [0.2, 0.25) is 0 Å². The lowest BCUT2D eigenvalue weighted by Crippen LogP contribution is -2.49. The summed E-state index contributed by atoms with van der Waals surface area (Å²) in [5.41, 5.74) is 6.24. The molecule has 4 atom stereocenters. The second-order valence-corrected chi connectivity index (χ2v) is 7.36. The maximum Gasteiger partial charge on any atom is 0.0724 e. The van der Waals surface area contributed by atoms with Gasteiger partial charge in [-0.15, -0.1) is 11.3 Å². The number of halogens is 1. The van der Waals surface area contributed by atoms with Crippen LogP contribution >= 0.6 is 27.3 Å². The molecule has 1 saturated heterocycles. The fraction of sp³-hybridized carbons (Fsp3) is 0.714. The Morgan fingerprint density at radius 1 is 1.58 bits per heavy atom. The molecule has 1 aromatic heterocycles. The van der Waals surface area contributed by atoms with Crippen LogP contribution in [0.4, 0.5) is 0 Å². The predicted molar refractivity (Wildman–Crippen MR) is 84.6 cm³/mol. The zero-order valence-corrected chi connectivity index (χ0v) is 14.2. The Hall–Kier alpha value is 0.0600. The number of hydrogen-bond donors (Lipinski definition) is 1.